The number of nitrogens with two attached hydrogens (primary N) is 1. The lowest BCUT2D eigenvalue weighted by molar-refractivity contribution is 0.140. The molecular formula is C11H13BrFNO2. The first-order valence-corrected chi connectivity index (χ1v) is 5.96. The van der Waals surface area contributed by atoms with Gasteiger partial charge in [-0.15, -0.1) is 0 Å². The Morgan fingerprint density at radius 3 is 2.81 bits per heavy atom. The fourth-order valence-electron chi connectivity index (χ4n) is 1.45. The van der Waals surface area contributed by atoms with Crippen molar-refractivity contribution in [3.05, 3.63) is 28.0 Å². The monoisotopic (exact) mass is 289 g/mol. The van der Waals surface area contributed by atoms with Gasteiger partial charge in [0.15, 0.2) is 0 Å². The minimum absolute atomic E-state index is 0.277. The minimum atomic E-state index is -0.290. The molecule has 0 bridgehead atoms. The van der Waals surface area contributed by atoms with Crippen LogP contribution in [0.2, 0.25) is 0 Å². The van der Waals surface area contributed by atoms with E-state index in [0.717, 1.165) is 18.4 Å². The normalized spacial score (nSPS) is 15.2. The van der Waals surface area contributed by atoms with Gasteiger partial charge in [0, 0.05) is 12.0 Å². The number of ether oxygens (including phenoxy) is 1. The number of halogens is 2. The second kappa shape index (κ2) is 5.12. The summed E-state index contributed by atoms with van der Waals surface area (Å²) in [5, 5.41) is 0. The Morgan fingerprint density at radius 1 is 1.44 bits per heavy atom. The minimum Gasteiger partial charge on any atom is -0.489 e. The van der Waals surface area contributed by atoms with E-state index in [1.807, 2.05) is 0 Å². The molecule has 16 heavy (non-hydrogen) atoms. The number of benzene rings is 1. The number of hydrogen-bond acceptors (Lipinski definition) is 3. The summed E-state index contributed by atoms with van der Waals surface area (Å²) in [6.07, 6.45) is 2.95. The van der Waals surface area contributed by atoms with Gasteiger partial charge in [0.25, 0.3) is 0 Å². The van der Waals surface area contributed by atoms with Crippen LogP contribution in [-0.4, -0.2) is 12.7 Å². The Hall–Kier alpha value is -0.650. The lowest BCUT2D eigenvalue weighted by Crippen LogP contribution is -2.07. The summed E-state index contributed by atoms with van der Waals surface area (Å²) in [6, 6.07) is 2.87. The Balaban J connectivity index is 2.22. The van der Waals surface area contributed by atoms with Crippen molar-refractivity contribution >= 4 is 15.9 Å². The molecule has 3 nitrogen and oxygen atoms in total. The van der Waals surface area contributed by atoms with Crippen molar-refractivity contribution in [3.63, 3.8) is 0 Å². The Kier molecular flexibility index (Phi) is 3.78. The largest absolute Gasteiger partial charge is 0.489 e. The summed E-state index contributed by atoms with van der Waals surface area (Å²) in [5.41, 5.74) is 0.782. The van der Waals surface area contributed by atoms with Crippen molar-refractivity contribution < 1.29 is 14.0 Å². The van der Waals surface area contributed by atoms with Crippen molar-refractivity contribution in [3.8, 4) is 5.75 Å². The molecule has 2 N–H and O–H groups in total. The van der Waals surface area contributed by atoms with Crippen LogP contribution in [0.15, 0.2) is 16.6 Å². The molecule has 0 aromatic heterocycles. The van der Waals surface area contributed by atoms with Gasteiger partial charge in [-0.25, -0.2) is 10.3 Å². The third-order valence-electron chi connectivity index (χ3n) is 2.38. The van der Waals surface area contributed by atoms with Crippen LogP contribution < -0.4 is 10.6 Å². The SMILES string of the molecule is NOCCc1cc(F)cc(Br)c1OC1CC1. The Labute approximate surface area is 102 Å². The quantitative estimate of drug-likeness (QED) is 0.848. The molecule has 0 aliphatic heterocycles. The third kappa shape index (κ3) is 2.93. The molecule has 0 heterocycles. The van der Waals surface area contributed by atoms with Gasteiger partial charge < -0.3 is 9.57 Å². The van der Waals surface area contributed by atoms with E-state index in [1.54, 1.807) is 0 Å². The molecule has 1 aromatic rings. The third-order valence-corrected chi connectivity index (χ3v) is 2.97. The highest BCUT2D eigenvalue weighted by molar-refractivity contribution is 9.10. The standard InChI is InChI=1S/C11H13BrFNO2/c12-10-6-8(13)5-7(3-4-15-14)11(10)16-9-1-2-9/h5-6,9H,1-4,14H2. The van der Waals surface area contributed by atoms with E-state index in [4.69, 9.17) is 10.6 Å². The molecule has 0 saturated heterocycles. The van der Waals surface area contributed by atoms with Crippen LogP contribution in [0.25, 0.3) is 0 Å². The van der Waals surface area contributed by atoms with E-state index < -0.39 is 0 Å². The zero-order valence-corrected chi connectivity index (χ0v) is 10.3. The van der Waals surface area contributed by atoms with E-state index in [-0.39, 0.29) is 11.9 Å². The smallest absolute Gasteiger partial charge is 0.137 e. The van der Waals surface area contributed by atoms with Crippen molar-refractivity contribution in [2.24, 2.45) is 5.90 Å². The maximum Gasteiger partial charge on any atom is 0.137 e. The molecule has 1 aliphatic rings. The Morgan fingerprint density at radius 2 is 2.19 bits per heavy atom. The average molecular weight is 290 g/mol. The summed E-state index contributed by atoms with van der Waals surface area (Å²) in [6.45, 7) is 0.344. The van der Waals surface area contributed by atoms with Crippen molar-refractivity contribution in [1.82, 2.24) is 0 Å². The molecule has 1 fully saturated rings. The molecule has 0 radical (unpaired) electrons. The maximum absolute atomic E-state index is 13.2. The van der Waals surface area contributed by atoms with Gasteiger partial charge in [0.1, 0.15) is 11.6 Å². The average Bonchev–Trinajstić information content (AvgIpc) is 3.03. The lowest BCUT2D eigenvalue weighted by Gasteiger charge is -2.12. The first-order chi connectivity index (χ1) is 7.70. The summed E-state index contributed by atoms with van der Waals surface area (Å²) < 4.78 is 19.6. The van der Waals surface area contributed by atoms with Gasteiger partial charge in [-0.2, -0.15) is 0 Å². The fourth-order valence-corrected chi connectivity index (χ4v) is 2.02. The molecular weight excluding hydrogens is 277 g/mol. The molecule has 0 spiro atoms. The van der Waals surface area contributed by atoms with Gasteiger partial charge in [-0.05, 0) is 40.9 Å². The van der Waals surface area contributed by atoms with Gasteiger partial charge in [-0.3, -0.25) is 0 Å². The van der Waals surface area contributed by atoms with Crippen LogP contribution in [-0.2, 0) is 11.3 Å². The molecule has 88 valence electrons. The molecule has 5 heteroatoms. The van der Waals surface area contributed by atoms with Gasteiger partial charge in [0.2, 0.25) is 0 Å². The lowest BCUT2D eigenvalue weighted by atomic mass is 10.1. The van der Waals surface area contributed by atoms with Crippen molar-refractivity contribution in [2.45, 2.75) is 25.4 Å². The molecule has 1 aliphatic carbocycles. The fraction of sp³-hybridized carbons (Fsp3) is 0.455. The van der Waals surface area contributed by atoms with Crippen LogP contribution in [0.3, 0.4) is 0 Å². The summed E-state index contributed by atoms with van der Waals surface area (Å²) >= 11 is 3.31. The molecule has 0 atom stereocenters. The molecule has 1 aromatic carbocycles. The van der Waals surface area contributed by atoms with E-state index >= 15 is 0 Å². The maximum atomic E-state index is 13.2. The van der Waals surface area contributed by atoms with Crippen LogP contribution in [0.5, 0.6) is 5.75 Å². The van der Waals surface area contributed by atoms with Crippen LogP contribution in [0, 0.1) is 5.82 Å². The molecule has 0 amide bonds. The summed E-state index contributed by atoms with van der Waals surface area (Å²) in [5.74, 6) is 5.39. The van der Waals surface area contributed by atoms with Crippen molar-refractivity contribution in [1.29, 1.82) is 0 Å². The molecule has 0 unspecified atom stereocenters. The zero-order valence-electron chi connectivity index (χ0n) is 8.71. The van der Waals surface area contributed by atoms with E-state index in [2.05, 4.69) is 20.8 Å². The van der Waals surface area contributed by atoms with Crippen molar-refractivity contribution in [2.75, 3.05) is 6.61 Å². The van der Waals surface area contributed by atoms with E-state index in [1.165, 1.54) is 12.1 Å². The topological polar surface area (TPSA) is 44.5 Å². The van der Waals surface area contributed by atoms with Gasteiger partial charge in [0.05, 0.1) is 17.2 Å². The van der Waals surface area contributed by atoms with E-state index in [0.29, 0.717) is 23.2 Å². The number of hydrogen-bond donors (Lipinski definition) is 1. The van der Waals surface area contributed by atoms with Gasteiger partial charge in [-0.1, -0.05) is 0 Å². The van der Waals surface area contributed by atoms with Gasteiger partial charge >= 0.3 is 0 Å². The molecule has 2 rings (SSSR count). The second-order valence-corrected chi connectivity index (χ2v) is 4.67. The first-order valence-electron chi connectivity index (χ1n) is 5.17. The highest BCUT2D eigenvalue weighted by atomic mass is 79.9. The predicted molar refractivity (Wildman–Crippen MR) is 61.6 cm³/mol. The Bertz CT molecular complexity index is 382. The molecule has 1 saturated carbocycles. The van der Waals surface area contributed by atoms with E-state index in [9.17, 15) is 4.39 Å². The number of rotatable bonds is 5. The van der Waals surface area contributed by atoms with Crippen LogP contribution in [0.4, 0.5) is 4.39 Å². The van der Waals surface area contributed by atoms with Crippen LogP contribution >= 0.6 is 15.9 Å². The second-order valence-electron chi connectivity index (χ2n) is 3.81. The highest BCUT2D eigenvalue weighted by Crippen LogP contribution is 2.35. The van der Waals surface area contributed by atoms with Crippen LogP contribution in [0.1, 0.15) is 18.4 Å². The predicted octanol–water partition coefficient (Wildman–Crippen LogP) is 2.56. The summed E-state index contributed by atoms with van der Waals surface area (Å²) in [4.78, 5) is 4.51. The zero-order chi connectivity index (χ0) is 11.5. The summed E-state index contributed by atoms with van der Waals surface area (Å²) in [7, 11) is 0. The first kappa shape index (κ1) is 11.8. The highest BCUT2D eigenvalue weighted by Gasteiger charge is 2.25.